The molecule has 0 aliphatic rings. The van der Waals surface area contributed by atoms with Crippen LogP contribution in [0.5, 0.6) is 0 Å². The average molecular weight is 356 g/mol. The molecule has 0 saturated heterocycles. The molecule has 0 unspecified atom stereocenters. The molecule has 0 amide bonds. The molecule has 2 aromatic carbocycles. The van der Waals surface area contributed by atoms with Gasteiger partial charge in [-0.15, -0.1) is 0 Å². The van der Waals surface area contributed by atoms with Gasteiger partial charge in [0.25, 0.3) is 0 Å². The molecule has 2 aromatic rings. The molecule has 23 heavy (non-hydrogen) atoms. The van der Waals surface area contributed by atoms with E-state index in [1.54, 1.807) is 30.3 Å². The van der Waals surface area contributed by atoms with Crippen LogP contribution < -0.4 is 5.73 Å². The maximum Gasteiger partial charge on any atom is 0.303 e. The van der Waals surface area contributed by atoms with Crippen molar-refractivity contribution in [3.05, 3.63) is 69.5 Å². The predicted molar refractivity (Wildman–Crippen MR) is 89.4 cm³/mol. The lowest BCUT2D eigenvalue weighted by atomic mass is 9.84. The van der Waals surface area contributed by atoms with Gasteiger partial charge in [0.2, 0.25) is 0 Å². The zero-order valence-corrected chi connectivity index (χ0v) is 13.7. The molecule has 2 atom stereocenters. The number of rotatable bonds is 6. The predicted octanol–water partition coefficient (Wildman–Crippen LogP) is 4.78. The van der Waals surface area contributed by atoms with Gasteiger partial charge in [-0.2, -0.15) is 0 Å². The fraction of sp³-hybridized carbons (Fsp3) is 0.235. The highest BCUT2D eigenvalue weighted by molar-refractivity contribution is 6.30. The third-order valence-electron chi connectivity index (χ3n) is 3.67. The Labute approximate surface area is 143 Å². The molecule has 0 radical (unpaired) electrons. The number of carboxylic acid groups (broad SMARTS) is 1. The summed E-state index contributed by atoms with van der Waals surface area (Å²) in [5, 5.41) is 9.78. The van der Waals surface area contributed by atoms with E-state index in [1.807, 2.05) is 0 Å². The van der Waals surface area contributed by atoms with Crippen LogP contribution in [0.1, 0.15) is 35.9 Å². The van der Waals surface area contributed by atoms with Gasteiger partial charge in [-0.05, 0) is 47.9 Å². The van der Waals surface area contributed by atoms with Crippen LogP contribution in [-0.4, -0.2) is 11.1 Å². The maximum absolute atomic E-state index is 13.6. The van der Waals surface area contributed by atoms with Gasteiger partial charge in [0, 0.05) is 28.4 Å². The van der Waals surface area contributed by atoms with E-state index in [2.05, 4.69) is 0 Å². The van der Waals surface area contributed by atoms with E-state index in [4.69, 9.17) is 34.0 Å². The van der Waals surface area contributed by atoms with Crippen molar-refractivity contribution in [1.29, 1.82) is 0 Å². The van der Waals surface area contributed by atoms with Crippen molar-refractivity contribution in [2.24, 2.45) is 5.73 Å². The lowest BCUT2D eigenvalue weighted by Gasteiger charge is -2.25. The van der Waals surface area contributed by atoms with Gasteiger partial charge in [0.05, 0.1) is 0 Å². The average Bonchev–Trinajstić information content (AvgIpc) is 2.46. The van der Waals surface area contributed by atoms with Crippen LogP contribution in [0.2, 0.25) is 10.0 Å². The number of halogens is 3. The van der Waals surface area contributed by atoms with E-state index in [0.29, 0.717) is 10.6 Å². The summed E-state index contributed by atoms with van der Waals surface area (Å²) < 4.78 is 13.6. The van der Waals surface area contributed by atoms with Crippen LogP contribution in [0.3, 0.4) is 0 Å². The van der Waals surface area contributed by atoms with Gasteiger partial charge >= 0.3 is 5.97 Å². The third-order valence-corrected chi connectivity index (χ3v) is 4.14. The molecule has 0 aliphatic carbocycles. The number of nitrogens with two attached hydrogens (primary N) is 1. The normalized spacial score (nSPS) is 13.6. The zero-order valence-electron chi connectivity index (χ0n) is 12.2. The first-order chi connectivity index (χ1) is 10.9. The van der Waals surface area contributed by atoms with Crippen molar-refractivity contribution in [2.75, 3.05) is 0 Å². The monoisotopic (exact) mass is 355 g/mol. The highest BCUT2D eigenvalue weighted by atomic mass is 35.5. The number of hydrogen-bond acceptors (Lipinski definition) is 2. The Bertz CT molecular complexity index is 671. The molecule has 0 aliphatic heterocycles. The molecule has 3 N–H and O–H groups in total. The summed E-state index contributed by atoms with van der Waals surface area (Å²) in [6, 6.07) is 10.6. The summed E-state index contributed by atoms with van der Waals surface area (Å²) in [7, 11) is 0. The second-order valence-corrected chi connectivity index (χ2v) is 6.19. The molecule has 0 spiro atoms. The number of carbonyl (C=O) groups is 1. The standard InChI is InChI=1S/C17H16Cl2FNO2/c18-12-3-1-10(2-4-12)17(21)15(5-6-16(22)23)11-7-13(19)9-14(20)8-11/h1-4,7-9,15,17H,5-6,21H2,(H,22,23)/t15-,17-/m1/s1. The van der Waals surface area contributed by atoms with Gasteiger partial charge in [0.1, 0.15) is 5.82 Å². The van der Waals surface area contributed by atoms with E-state index < -0.39 is 17.8 Å². The number of benzene rings is 2. The minimum Gasteiger partial charge on any atom is -0.481 e. The quantitative estimate of drug-likeness (QED) is 0.783. The van der Waals surface area contributed by atoms with Crippen molar-refractivity contribution >= 4 is 29.2 Å². The molecule has 3 nitrogen and oxygen atoms in total. The summed E-state index contributed by atoms with van der Waals surface area (Å²) in [6.45, 7) is 0. The Kier molecular flexibility index (Phi) is 5.99. The van der Waals surface area contributed by atoms with Crippen molar-refractivity contribution in [1.82, 2.24) is 0 Å². The van der Waals surface area contributed by atoms with Crippen molar-refractivity contribution < 1.29 is 14.3 Å². The summed E-state index contributed by atoms with van der Waals surface area (Å²) in [4.78, 5) is 10.9. The van der Waals surface area contributed by atoms with Gasteiger partial charge in [-0.3, -0.25) is 4.79 Å². The third kappa shape index (κ3) is 4.93. The number of hydrogen-bond donors (Lipinski definition) is 2. The summed E-state index contributed by atoms with van der Waals surface area (Å²) in [5.74, 6) is -1.78. The minimum atomic E-state index is -0.930. The van der Waals surface area contributed by atoms with Crippen LogP contribution in [0.4, 0.5) is 4.39 Å². The van der Waals surface area contributed by atoms with Crippen LogP contribution in [-0.2, 0) is 4.79 Å². The van der Waals surface area contributed by atoms with E-state index in [0.717, 1.165) is 5.56 Å². The Morgan fingerprint density at radius 1 is 1.09 bits per heavy atom. The molecule has 0 bridgehead atoms. The molecular weight excluding hydrogens is 340 g/mol. The van der Waals surface area contributed by atoms with E-state index >= 15 is 0 Å². The van der Waals surface area contributed by atoms with Gasteiger partial charge in [-0.1, -0.05) is 35.3 Å². The number of carboxylic acids is 1. The first-order valence-electron chi connectivity index (χ1n) is 7.05. The Morgan fingerprint density at radius 2 is 1.74 bits per heavy atom. The highest BCUT2D eigenvalue weighted by Crippen LogP contribution is 2.35. The van der Waals surface area contributed by atoms with Crippen molar-refractivity contribution in [3.63, 3.8) is 0 Å². The van der Waals surface area contributed by atoms with Crippen LogP contribution in [0.15, 0.2) is 42.5 Å². The summed E-state index contributed by atoms with van der Waals surface area (Å²) in [5.41, 5.74) is 7.68. The Morgan fingerprint density at radius 3 is 2.30 bits per heavy atom. The van der Waals surface area contributed by atoms with Crippen LogP contribution >= 0.6 is 23.2 Å². The topological polar surface area (TPSA) is 63.3 Å². The molecule has 0 fully saturated rings. The molecule has 2 rings (SSSR count). The summed E-state index contributed by atoms with van der Waals surface area (Å²) >= 11 is 11.8. The fourth-order valence-electron chi connectivity index (χ4n) is 2.54. The molecule has 122 valence electrons. The molecule has 0 aromatic heterocycles. The SMILES string of the molecule is N[C@H](c1ccc(Cl)cc1)[C@H](CCC(=O)O)c1cc(F)cc(Cl)c1. The second-order valence-electron chi connectivity index (χ2n) is 5.32. The Hall–Kier alpha value is -1.62. The Balaban J connectivity index is 2.36. The lowest BCUT2D eigenvalue weighted by Crippen LogP contribution is -2.21. The van der Waals surface area contributed by atoms with Crippen molar-refractivity contribution in [2.45, 2.75) is 24.8 Å². The first-order valence-corrected chi connectivity index (χ1v) is 7.81. The fourth-order valence-corrected chi connectivity index (χ4v) is 2.90. The van der Waals surface area contributed by atoms with Crippen LogP contribution in [0.25, 0.3) is 0 Å². The smallest absolute Gasteiger partial charge is 0.303 e. The maximum atomic E-state index is 13.6. The largest absolute Gasteiger partial charge is 0.481 e. The number of aliphatic carboxylic acids is 1. The molecular formula is C17H16Cl2FNO2. The molecule has 0 saturated carbocycles. The van der Waals surface area contributed by atoms with E-state index in [-0.39, 0.29) is 23.8 Å². The highest BCUT2D eigenvalue weighted by Gasteiger charge is 2.23. The molecule has 6 heteroatoms. The van der Waals surface area contributed by atoms with E-state index in [9.17, 15) is 9.18 Å². The lowest BCUT2D eigenvalue weighted by molar-refractivity contribution is -0.137. The summed E-state index contributed by atoms with van der Waals surface area (Å²) in [6.07, 6.45) is 0.207. The second kappa shape index (κ2) is 7.77. The van der Waals surface area contributed by atoms with Gasteiger partial charge in [0.15, 0.2) is 0 Å². The molecule has 0 heterocycles. The van der Waals surface area contributed by atoms with Crippen molar-refractivity contribution in [3.8, 4) is 0 Å². The van der Waals surface area contributed by atoms with Gasteiger partial charge < -0.3 is 10.8 Å². The van der Waals surface area contributed by atoms with E-state index in [1.165, 1.54) is 12.1 Å². The van der Waals surface area contributed by atoms with Crippen LogP contribution in [0, 0.1) is 5.82 Å². The zero-order chi connectivity index (χ0) is 17.0. The minimum absolute atomic E-state index is 0.0694. The van der Waals surface area contributed by atoms with Gasteiger partial charge in [-0.25, -0.2) is 4.39 Å². The first kappa shape index (κ1) is 17.7.